The van der Waals surface area contributed by atoms with Gasteiger partial charge >= 0.3 is 0 Å². The fourth-order valence-electron chi connectivity index (χ4n) is 1.61. The Balaban J connectivity index is 2.01. The normalized spacial score (nSPS) is 10.6. The fourth-order valence-corrected chi connectivity index (χ4v) is 1.84. The molecular weight excluding hydrogens is 254 g/mol. The number of hydrogen-bond donors (Lipinski definition) is 1. The highest BCUT2D eigenvalue weighted by molar-refractivity contribution is 6.32. The summed E-state index contributed by atoms with van der Waals surface area (Å²) < 4.78 is 3.01. The van der Waals surface area contributed by atoms with E-state index in [0.717, 1.165) is 12.1 Å². The Bertz CT molecular complexity index is 604. The molecule has 7 heteroatoms. The minimum absolute atomic E-state index is 0.164. The first-order valence-electron chi connectivity index (χ1n) is 5.52. The Morgan fingerprint density at radius 1 is 1.33 bits per heavy atom. The molecule has 0 saturated carbocycles. The van der Waals surface area contributed by atoms with Crippen LogP contribution in [0, 0.1) is 0 Å². The quantitative estimate of drug-likeness (QED) is 0.891. The molecule has 0 aliphatic heterocycles. The van der Waals surface area contributed by atoms with Crippen LogP contribution < -0.4 is 10.9 Å². The van der Waals surface area contributed by atoms with Gasteiger partial charge in [-0.3, -0.25) is 9.48 Å². The molecule has 96 valence electrons. The lowest BCUT2D eigenvalue weighted by molar-refractivity contribution is 0.703. The van der Waals surface area contributed by atoms with Crippen LogP contribution in [0.4, 0.5) is 5.69 Å². The van der Waals surface area contributed by atoms with Crippen molar-refractivity contribution in [3.8, 4) is 0 Å². The molecule has 0 spiro atoms. The van der Waals surface area contributed by atoms with Crippen LogP contribution in [0.3, 0.4) is 0 Å². The molecule has 1 N–H and O–H groups in total. The van der Waals surface area contributed by atoms with E-state index >= 15 is 0 Å². The van der Waals surface area contributed by atoms with Crippen molar-refractivity contribution in [1.82, 2.24) is 19.6 Å². The second kappa shape index (κ2) is 5.22. The lowest BCUT2D eigenvalue weighted by Gasteiger charge is -2.08. The minimum Gasteiger partial charge on any atom is -0.382 e. The zero-order valence-electron chi connectivity index (χ0n) is 10.2. The van der Waals surface area contributed by atoms with E-state index in [1.54, 1.807) is 19.4 Å². The van der Waals surface area contributed by atoms with Crippen molar-refractivity contribution in [1.29, 1.82) is 0 Å². The summed E-state index contributed by atoms with van der Waals surface area (Å²) in [4.78, 5) is 11.5. The molecule has 0 radical (unpaired) electrons. The van der Waals surface area contributed by atoms with Gasteiger partial charge in [-0.15, -0.1) is 0 Å². The molecule has 2 rings (SSSR count). The number of halogens is 1. The molecule has 2 aromatic heterocycles. The summed E-state index contributed by atoms with van der Waals surface area (Å²) in [6, 6.07) is 1.95. The van der Waals surface area contributed by atoms with Gasteiger partial charge in [0, 0.05) is 39.0 Å². The fraction of sp³-hybridized carbons (Fsp3) is 0.364. The van der Waals surface area contributed by atoms with E-state index in [2.05, 4.69) is 15.5 Å². The van der Waals surface area contributed by atoms with Crippen LogP contribution >= 0.6 is 11.6 Å². The van der Waals surface area contributed by atoms with E-state index in [9.17, 15) is 4.79 Å². The molecule has 0 aliphatic carbocycles. The highest BCUT2D eigenvalue weighted by Crippen LogP contribution is 2.14. The minimum atomic E-state index is -0.304. The third-order valence-corrected chi connectivity index (χ3v) is 3.06. The summed E-state index contributed by atoms with van der Waals surface area (Å²) >= 11 is 5.94. The molecule has 0 atom stereocenters. The molecule has 0 bridgehead atoms. The maximum Gasteiger partial charge on any atom is 0.287 e. The average molecular weight is 268 g/mol. The van der Waals surface area contributed by atoms with E-state index < -0.39 is 0 Å². The monoisotopic (exact) mass is 267 g/mol. The van der Waals surface area contributed by atoms with E-state index in [1.165, 1.54) is 4.68 Å². The van der Waals surface area contributed by atoms with Gasteiger partial charge in [-0.05, 0) is 6.07 Å². The smallest absolute Gasteiger partial charge is 0.287 e. The van der Waals surface area contributed by atoms with E-state index in [-0.39, 0.29) is 10.6 Å². The second-order valence-corrected chi connectivity index (χ2v) is 4.30. The van der Waals surface area contributed by atoms with Crippen LogP contribution in [0.5, 0.6) is 0 Å². The molecule has 2 aromatic rings. The number of anilines is 1. The van der Waals surface area contributed by atoms with E-state index in [0.29, 0.717) is 12.2 Å². The Kier molecular flexibility index (Phi) is 3.66. The molecule has 0 unspecified atom stereocenters. The Morgan fingerprint density at radius 3 is 2.78 bits per heavy atom. The summed E-state index contributed by atoms with van der Waals surface area (Å²) in [7, 11) is 3.45. The van der Waals surface area contributed by atoms with Crippen LogP contribution in [0.1, 0.15) is 5.69 Å². The van der Waals surface area contributed by atoms with Gasteiger partial charge in [0.15, 0.2) is 0 Å². The lowest BCUT2D eigenvalue weighted by atomic mass is 10.3. The molecule has 18 heavy (non-hydrogen) atoms. The maximum atomic E-state index is 11.5. The van der Waals surface area contributed by atoms with Crippen molar-refractivity contribution in [2.75, 3.05) is 11.9 Å². The summed E-state index contributed by atoms with van der Waals surface area (Å²) in [6.07, 6.45) is 4.09. The van der Waals surface area contributed by atoms with E-state index in [1.807, 2.05) is 17.8 Å². The largest absolute Gasteiger partial charge is 0.382 e. The van der Waals surface area contributed by atoms with Gasteiger partial charge in [-0.1, -0.05) is 11.6 Å². The van der Waals surface area contributed by atoms with Gasteiger partial charge in [0.2, 0.25) is 0 Å². The van der Waals surface area contributed by atoms with Crippen molar-refractivity contribution in [3.63, 3.8) is 0 Å². The molecule has 0 fully saturated rings. The van der Waals surface area contributed by atoms with Crippen LogP contribution in [0.25, 0.3) is 0 Å². The number of aromatic nitrogens is 4. The molecule has 0 saturated heterocycles. The second-order valence-electron chi connectivity index (χ2n) is 3.92. The van der Waals surface area contributed by atoms with Gasteiger partial charge in [-0.2, -0.15) is 10.2 Å². The van der Waals surface area contributed by atoms with Crippen molar-refractivity contribution in [2.45, 2.75) is 6.42 Å². The lowest BCUT2D eigenvalue weighted by Crippen LogP contribution is -2.21. The number of nitrogens with zero attached hydrogens (tertiary/aromatic N) is 4. The summed E-state index contributed by atoms with van der Waals surface area (Å²) in [6.45, 7) is 0.661. The van der Waals surface area contributed by atoms with Gasteiger partial charge in [0.25, 0.3) is 5.56 Å². The van der Waals surface area contributed by atoms with Crippen LogP contribution in [0.2, 0.25) is 5.02 Å². The summed E-state index contributed by atoms with van der Waals surface area (Å²) in [5, 5.41) is 11.3. The standard InChI is InChI=1S/C11H14ClN5O/c1-16-8(4-6-14-16)3-5-13-9-7-15-17(2)11(18)10(9)12/h4,6-7,13H,3,5H2,1-2H3. The van der Waals surface area contributed by atoms with Crippen molar-refractivity contribution in [3.05, 3.63) is 39.5 Å². The third-order valence-electron chi connectivity index (χ3n) is 2.70. The summed E-state index contributed by atoms with van der Waals surface area (Å²) in [5.41, 5.74) is 1.36. The zero-order chi connectivity index (χ0) is 13.1. The van der Waals surface area contributed by atoms with Gasteiger partial charge in [-0.25, -0.2) is 4.68 Å². The van der Waals surface area contributed by atoms with Gasteiger partial charge < -0.3 is 5.32 Å². The number of hydrogen-bond acceptors (Lipinski definition) is 4. The van der Waals surface area contributed by atoms with Crippen molar-refractivity contribution in [2.24, 2.45) is 14.1 Å². The number of aryl methyl sites for hydroxylation is 2. The van der Waals surface area contributed by atoms with Crippen LogP contribution in [-0.4, -0.2) is 26.1 Å². The average Bonchev–Trinajstić information content (AvgIpc) is 2.75. The predicted octanol–water partition coefficient (Wildman–Crippen LogP) is 0.822. The number of rotatable bonds is 4. The first-order chi connectivity index (χ1) is 8.59. The SMILES string of the molecule is Cn1nccc1CCNc1cnn(C)c(=O)c1Cl. The Hall–Kier alpha value is -1.82. The molecular formula is C11H14ClN5O. The zero-order valence-corrected chi connectivity index (χ0v) is 11.0. The van der Waals surface area contributed by atoms with Crippen LogP contribution in [-0.2, 0) is 20.5 Å². The Morgan fingerprint density at radius 2 is 2.11 bits per heavy atom. The van der Waals surface area contributed by atoms with Crippen molar-refractivity contribution < 1.29 is 0 Å². The number of nitrogens with one attached hydrogen (secondary N) is 1. The Labute approximate surface area is 109 Å². The predicted molar refractivity (Wildman–Crippen MR) is 69.9 cm³/mol. The topological polar surface area (TPSA) is 64.7 Å². The molecule has 0 amide bonds. The third kappa shape index (κ3) is 2.53. The summed E-state index contributed by atoms with van der Waals surface area (Å²) in [5.74, 6) is 0. The van der Waals surface area contributed by atoms with E-state index in [4.69, 9.17) is 11.6 Å². The highest BCUT2D eigenvalue weighted by Gasteiger charge is 2.06. The first-order valence-corrected chi connectivity index (χ1v) is 5.90. The molecule has 2 heterocycles. The molecule has 0 aromatic carbocycles. The van der Waals surface area contributed by atoms with Gasteiger partial charge in [0.05, 0.1) is 11.9 Å². The first kappa shape index (κ1) is 12.6. The van der Waals surface area contributed by atoms with Crippen LogP contribution in [0.15, 0.2) is 23.3 Å². The van der Waals surface area contributed by atoms with Gasteiger partial charge in [0.1, 0.15) is 5.02 Å². The maximum absolute atomic E-state index is 11.5. The molecule has 0 aliphatic rings. The highest BCUT2D eigenvalue weighted by atomic mass is 35.5. The van der Waals surface area contributed by atoms with Crippen molar-refractivity contribution >= 4 is 17.3 Å². The molecule has 6 nitrogen and oxygen atoms in total.